The Labute approximate surface area is 125 Å². The monoisotopic (exact) mass is 291 g/mol. The molecule has 0 radical (unpaired) electrons. The molecule has 1 aromatic rings. The van der Waals surface area contributed by atoms with Crippen molar-refractivity contribution in [3.63, 3.8) is 0 Å². The molecule has 0 bridgehead atoms. The molecule has 1 aliphatic heterocycles. The molecule has 4 rings (SSSR count). The van der Waals surface area contributed by atoms with Crippen LogP contribution in [0.25, 0.3) is 0 Å². The zero-order chi connectivity index (χ0) is 13.6. The fourth-order valence-electron chi connectivity index (χ4n) is 3.94. The molecule has 0 aromatic carbocycles. The number of nitrogens with zero attached hydrogens (tertiary/aromatic N) is 3. The van der Waals surface area contributed by atoms with E-state index in [1.165, 1.54) is 51.4 Å². The van der Waals surface area contributed by atoms with Gasteiger partial charge in [-0.3, -0.25) is 0 Å². The Morgan fingerprint density at radius 1 is 1.05 bits per heavy atom. The number of rotatable bonds is 2. The maximum atomic E-state index is 6.18. The Bertz CT molecular complexity index is 496. The van der Waals surface area contributed by atoms with Gasteiger partial charge in [-0.05, 0) is 43.9 Å². The average Bonchev–Trinajstić information content (AvgIpc) is 3.22. The number of piperidine rings is 1. The minimum absolute atomic E-state index is 0.568. The first-order chi connectivity index (χ1) is 9.74. The molecule has 20 heavy (non-hydrogen) atoms. The van der Waals surface area contributed by atoms with Gasteiger partial charge in [0.2, 0.25) is 0 Å². The van der Waals surface area contributed by atoms with Crippen molar-refractivity contribution >= 4 is 17.4 Å². The molecule has 0 amide bonds. The minimum atomic E-state index is 0.568. The molecule has 3 fully saturated rings. The summed E-state index contributed by atoms with van der Waals surface area (Å²) in [6.07, 6.45) is 10.9. The van der Waals surface area contributed by atoms with Crippen LogP contribution in [0.1, 0.15) is 63.1 Å². The Balaban J connectivity index is 1.51. The summed E-state index contributed by atoms with van der Waals surface area (Å²) < 4.78 is 0. The fourth-order valence-corrected chi connectivity index (χ4v) is 4.13. The molecule has 4 heteroatoms. The van der Waals surface area contributed by atoms with Gasteiger partial charge in [-0.2, -0.15) is 0 Å². The van der Waals surface area contributed by atoms with Crippen molar-refractivity contribution < 1.29 is 0 Å². The summed E-state index contributed by atoms with van der Waals surface area (Å²) in [6.45, 7) is 2.27. The van der Waals surface area contributed by atoms with E-state index in [1.807, 2.05) is 6.07 Å². The van der Waals surface area contributed by atoms with Crippen LogP contribution in [0.3, 0.4) is 0 Å². The van der Waals surface area contributed by atoms with E-state index in [9.17, 15) is 0 Å². The Hall–Kier alpha value is -0.830. The van der Waals surface area contributed by atoms with Gasteiger partial charge in [0.15, 0.2) is 0 Å². The third-order valence-corrected chi connectivity index (χ3v) is 5.65. The largest absolute Gasteiger partial charge is 0.356 e. The summed E-state index contributed by atoms with van der Waals surface area (Å²) in [5, 5.41) is 0.609. The normalized spacial score (nSPS) is 25.4. The first-order valence-corrected chi connectivity index (χ1v) is 8.41. The predicted molar refractivity (Wildman–Crippen MR) is 81.4 cm³/mol. The Morgan fingerprint density at radius 2 is 1.75 bits per heavy atom. The van der Waals surface area contributed by atoms with Gasteiger partial charge in [-0.25, -0.2) is 9.97 Å². The Morgan fingerprint density at radius 3 is 2.40 bits per heavy atom. The SMILES string of the molecule is Clc1cc(N2CCC3(CCCC3)CC2)nc(C2CC2)n1. The van der Waals surface area contributed by atoms with Gasteiger partial charge in [0.25, 0.3) is 0 Å². The molecule has 1 saturated heterocycles. The molecule has 0 unspecified atom stereocenters. The van der Waals surface area contributed by atoms with E-state index in [4.69, 9.17) is 16.6 Å². The second-order valence-electron chi connectivity index (χ2n) is 6.88. The van der Waals surface area contributed by atoms with Gasteiger partial charge >= 0.3 is 0 Å². The van der Waals surface area contributed by atoms with Gasteiger partial charge in [0.1, 0.15) is 16.8 Å². The molecule has 2 saturated carbocycles. The second-order valence-corrected chi connectivity index (χ2v) is 7.26. The smallest absolute Gasteiger partial charge is 0.135 e. The van der Waals surface area contributed by atoms with Crippen molar-refractivity contribution in [1.82, 2.24) is 9.97 Å². The van der Waals surface area contributed by atoms with Crippen molar-refractivity contribution in [2.75, 3.05) is 18.0 Å². The molecule has 0 N–H and O–H groups in total. The van der Waals surface area contributed by atoms with E-state index in [0.29, 0.717) is 16.5 Å². The van der Waals surface area contributed by atoms with Crippen LogP contribution in [-0.4, -0.2) is 23.1 Å². The lowest BCUT2D eigenvalue weighted by Gasteiger charge is -2.40. The van der Waals surface area contributed by atoms with Gasteiger partial charge in [0.05, 0.1) is 0 Å². The van der Waals surface area contributed by atoms with Crippen LogP contribution in [0.2, 0.25) is 5.15 Å². The second kappa shape index (κ2) is 4.87. The van der Waals surface area contributed by atoms with E-state index in [0.717, 1.165) is 24.7 Å². The molecular formula is C16H22ClN3. The maximum Gasteiger partial charge on any atom is 0.135 e. The maximum absolute atomic E-state index is 6.18. The molecule has 3 nitrogen and oxygen atoms in total. The first kappa shape index (κ1) is 12.9. The van der Waals surface area contributed by atoms with E-state index in [1.54, 1.807) is 0 Å². The molecular weight excluding hydrogens is 270 g/mol. The predicted octanol–water partition coefficient (Wildman–Crippen LogP) is 4.17. The van der Waals surface area contributed by atoms with E-state index in [-0.39, 0.29) is 0 Å². The number of anilines is 1. The van der Waals surface area contributed by atoms with Crippen molar-refractivity contribution in [3.8, 4) is 0 Å². The molecule has 0 atom stereocenters. The van der Waals surface area contributed by atoms with E-state index >= 15 is 0 Å². The first-order valence-electron chi connectivity index (χ1n) is 8.04. The van der Waals surface area contributed by atoms with Crippen LogP contribution in [0.5, 0.6) is 0 Å². The summed E-state index contributed by atoms with van der Waals surface area (Å²) in [5.74, 6) is 2.59. The van der Waals surface area contributed by atoms with Crippen LogP contribution in [0.4, 0.5) is 5.82 Å². The highest BCUT2D eigenvalue weighted by Gasteiger charge is 2.37. The summed E-state index contributed by atoms with van der Waals surface area (Å²) in [6, 6.07) is 1.94. The van der Waals surface area contributed by atoms with Gasteiger partial charge < -0.3 is 4.90 Å². The van der Waals surface area contributed by atoms with Crippen LogP contribution in [-0.2, 0) is 0 Å². The fraction of sp³-hybridized carbons (Fsp3) is 0.750. The number of hydrogen-bond donors (Lipinski definition) is 0. The zero-order valence-corrected chi connectivity index (χ0v) is 12.7. The van der Waals surface area contributed by atoms with Crippen LogP contribution in [0.15, 0.2) is 6.07 Å². The highest BCUT2D eigenvalue weighted by atomic mass is 35.5. The lowest BCUT2D eigenvalue weighted by molar-refractivity contribution is 0.226. The average molecular weight is 292 g/mol. The lowest BCUT2D eigenvalue weighted by Crippen LogP contribution is -2.39. The van der Waals surface area contributed by atoms with Gasteiger partial charge in [-0.15, -0.1) is 0 Å². The molecule has 2 aliphatic carbocycles. The van der Waals surface area contributed by atoms with E-state index < -0.39 is 0 Å². The topological polar surface area (TPSA) is 29.0 Å². The number of halogens is 1. The summed E-state index contributed by atoms with van der Waals surface area (Å²) >= 11 is 6.18. The van der Waals surface area contributed by atoms with Crippen LogP contribution in [0, 0.1) is 5.41 Å². The lowest BCUT2D eigenvalue weighted by atomic mass is 9.77. The van der Waals surface area contributed by atoms with Crippen molar-refractivity contribution in [2.45, 2.75) is 57.3 Å². The number of hydrogen-bond acceptors (Lipinski definition) is 3. The van der Waals surface area contributed by atoms with Gasteiger partial charge in [0, 0.05) is 25.1 Å². The van der Waals surface area contributed by atoms with Crippen molar-refractivity contribution in [2.24, 2.45) is 5.41 Å². The quantitative estimate of drug-likeness (QED) is 0.766. The minimum Gasteiger partial charge on any atom is -0.356 e. The highest BCUT2D eigenvalue weighted by molar-refractivity contribution is 6.29. The molecule has 1 spiro atoms. The van der Waals surface area contributed by atoms with Gasteiger partial charge in [-0.1, -0.05) is 24.4 Å². The molecule has 108 valence electrons. The zero-order valence-electron chi connectivity index (χ0n) is 11.9. The third-order valence-electron chi connectivity index (χ3n) is 5.45. The molecule has 3 aliphatic rings. The van der Waals surface area contributed by atoms with E-state index in [2.05, 4.69) is 9.88 Å². The molecule has 2 heterocycles. The summed E-state index contributed by atoms with van der Waals surface area (Å²) in [7, 11) is 0. The highest BCUT2D eigenvalue weighted by Crippen LogP contribution is 2.46. The summed E-state index contributed by atoms with van der Waals surface area (Å²) in [4.78, 5) is 11.6. The summed E-state index contributed by atoms with van der Waals surface area (Å²) in [5.41, 5.74) is 0.659. The van der Waals surface area contributed by atoms with Crippen molar-refractivity contribution in [1.29, 1.82) is 0 Å². The molecule has 1 aromatic heterocycles. The van der Waals surface area contributed by atoms with Crippen molar-refractivity contribution in [3.05, 3.63) is 17.0 Å². The van der Waals surface area contributed by atoms with Crippen LogP contribution >= 0.6 is 11.6 Å². The third kappa shape index (κ3) is 2.41. The Kier molecular flexibility index (Phi) is 3.13. The van der Waals surface area contributed by atoms with Crippen LogP contribution < -0.4 is 4.90 Å². The number of aromatic nitrogens is 2. The standard InChI is InChI=1S/C16H22ClN3/c17-13-11-14(19-15(18-13)12-3-4-12)20-9-7-16(8-10-20)5-1-2-6-16/h11-12H,1-10H2.